The molecule has 0 fully saturated rings. The van der Waals surface area contributed by atoms with E-state index < -0.39 is 0 Å². The van der Waals surface area contributed by atoms with Crippen LogP contribution < -0.4 is 0 Å². The molecule has 5 aromatic carbocycles. The van der Waals surface area contributed by atoms with E-state index in [2.05, 4.69) is 104 Å². The Hall–Kier alpha value is -5.62. The van der Waals surface area contributed by atoms with Crippen LogP contribution in [0, 0.1) is 0 Å². The van der Waals surface area contributed by atoms with Crippen molar-refractivity contribution in [1.29, 1.82) is 0 Å². The maximum atomic E-state index is 5.14. The Morgan fingerprint density at radius 3 is 2.08 bits per heavy atom. The summed E-state index contributed by atoms with van der Waals surface area (Å²) in [6, 6.07) is 38.0. The van der Waals surface area contributed by atoms with Crippen molar-refractivity contribution in [2.75, 3.05) is 0 Å². The fraction of sp³-hybridized carbons (Fsp3) is 0. The Bertz CT molecular complexity index is 2140. The van der Waals surface area contributed by atoms with Gasteiger partial charge < -0.3 is 0 Å². The molecule has 6 heteroatoms. The van der Waals surface area contributed by atoms with Gasteiger partial charge in [-0.1, -0.05) is 54.6 Å². The third-order valence-corrected chi connectivity index (χ3v) is 7.38. The van der Waals surface area contributed by atoms with Crippen molar-refractivity contribution in [3.8, 4) is 33.6 Å². The minimum absolute atomic E-state index is 0.749. The zero-order chi connectivity index (χ0) is 26.5. The summed E-state index contributed by atoms with van der Waals surface area (Å²) < 4.78 is 0. The second-order valence-corrected chi connectivity index (χ2v) is 9.82. The highest BCUT2D eigenvalue weighted by molar-refractivity contribution is 6.05. The summed E-state index contributed by atoms with van der Waals surface area (Å²) in [4.78, 5) is 9.56. The minimum Gasteiger partial charge on any atom is -0.248 e. The molecule has 0 spiro atoms. The highest BCUT2D eigenvalue weighted by atomic mass is 15.1. The fourth-order valence-corrected chi connectivity index (χ4v) is 5.39. The van der Waals surface area contributed by atoms with Crippen molar-refractivity contribution in [2.24, 2.45) is 0 Å². The molecule has 0 aliphatic carbocycles. The highest BCUT2D eigenvalue weighted by Crippen LogP contribution is 2.36. The van der Waals surface area contributed by atoms with E-state index in [-0.39, 0.29) is 0 Å². The molecule has 0 N–H and O–H groups in total. The van der Waals surface area contributed by atoms with Gasteiger partial charge in [0.2, 0.25) is 0 Å². The second-order valence-electron chi connectivity index (χ2n) is 9.82. The molecular formula is C34H20N6. The molecule has 0 saturated heterocycles. The Kier molecular flexibility index (Phi) is 5.03. The maximum absolute atomic E-state index is 5.14. The number of benzene rings is 5. The first-order chi connectivity index (χ1) is 19.8. The van der Waals surface area contributed by atoms with Gasteiger partial charge >= 0.3 is 0 Å². The molecule has 0 aliphatic heterocycles. The molecule has 0 bridgehead atoms. The van der Waals surface area contributed by atoms with Gasteiger partial charge in [0.25, 0.3) is 0 Å². The molecule has 0 amide bonds. The van der Waals surface area contributed by atoms with Crippen LogP contribution in [0.4, 0.5) is 0 Å². The maximum Gasteiger partial charge on any atom is 0.138 e. The van der Waals surface area contributed by atoms with E-state index in [1.807, 2.05) is 30.3 Å². The van der Waals surface area contributed by atoms with E-state index in [9.17, 15) is 0 Å². The van der Waals surface area contributed by atoms with Crippen molar-refractivity contribution >= 4 is 43.5 Å². The Morgan fingerprint density at radius 2 is 1.20 bits per heavy atom. The van der Waals surface area contributed by atoms with Gasteiger partial charge in [0.1, 0.15) is 11.8 Å². The first-order valence-electron chi connectivity index (χ1n) is 13.0. The van der Waals surface area contributed by atoms with Crippen molar-refractivity contribution in [2.45, 2.75) is 0 Å². The molecule has 186 valence electrons. The summed E-state index contributed by atoms with van der Waals surface area (Å²) >= 11 is 0. The van der Waals surface area contributed by atoms with Gasteiger partial charge in [-0.25, -0.2) is 9.97 Å². The molecule has 8 rings (SSSR count). The summed E-state index contributed by atoms with van der Waals surface area (Å²) in [5, 5.41) is 22.2. The summed E-state index contributed by atoms with van der Waals surface area (Å²) in [6.07, 6.45) is 3.19. The number of rotatable bonds is 3. The first-order valence-corrected chi connectivity index (χ1v) is 13.0. The zero-order valence-corrected chi connectivity index (χ0v) is 21.2. The Morgan fingerprint density at radius 1 is 0.450 bits per heavy atom. The van der Waals surface area contributed by atoms with Gasteiger partial charge in [0, 0.05) is 16.5 Å². The number of nitrogens with zero attached hydrogens (tertiary/aromatic N) is 6. The lowest BCUT2D eigenvalue weighted by atomic mass is 9.94. The van der Waals surface area contributed by atoms with Crippen LogP contribution in [0.15, 0.2) is 122 Å². The largest absolute Gasteiger partial charge is 0.248 e. The van der Waals surface area contributed by atoms with Crippen LogP contribution in [0.3, 0.4) is 0 Å². The van der Waals surface area contributed by atoms with E-state index in [1.54, 1.807) is 6.20 Å². The smallest absolute Gasteiger partial charge is 0.138 e. The van der Waals surface area contributed by atoms with E-state index >= 15 is 0 Å². The van der Waals surface area contributed by atoms with Crippen molar-refractivity contribution in [3.63, 3.8) is 0 Å². The van der Waals surface area contributed by atoms with Crippen LogP contribution >= 0.6 is 0 Å². The third kappa shape index (κ3) is 3.82. The average Bonchev–Trinajstić information content (AvgIpc) is 3.02. The molecule has 3 aromatic heterocycles. The predicted molar refractivity (Wildman–Crippen MR) is 160 cm³/mol. The molecule has 0 radical (unpaired) electrons. The lowest BCUT2D eigenvalue weighted by molar-refractivity contribution is 1.02. The standard InChI is InChI=1S/C34H20N6/c1-2-5-22-16-29-23(14-21(22)4-1)6-3-7-28(29)27-18-32(24-8-10-30-26(15-24)12-13-36-39-30)38-33(19-27)25-9-11-31-34(17-25)35-20-37-40-31/h1-20H. The summed E-state index contributed by atoms with van der Waals surface area (Å²) in [6.45, 7) is 0. The molecule has 0 unspecified atom stereocenters. The number of hydrogen-bond donors (Lipinski definition) is 0. The molecule has 6 nitrogen and oxygen atoms in total. The normalized spacial score (nSPS) is 11.5. The summed E-state index contributed by atoms with van der Waals surface area (Å²) in [5.74, 6) is 0. The van der Waals surface area contributed by atoms with Crippen LogP contribution in [0.2, 0.25) is 0 Å². The van der Waals surface area contributed by atoms with Crippen molar-refractivity contribution in [1.82, 2.24) is 30.4 Å². The van der Waals surface area contributed by atoms with Crippen LogP contribution in [0.5, 0.6) is 0 Å². The lowest BCUT2D eigenvalue weighted by Gasteiger charge is -2.13. The van der Waals surface area contributed by atoms with E-state index in [1.165, 1.54) is 27.9 Å². The topological polar surface area (TPSA) is 77.3 Å². The van der Waals surface area contributed by atoms with Crippen molar-refractivity contribution in [3.05, 3.63) is 122 Å². The Balaban J connectivity index is 1.39. The number of hydrogen-bond acceptors (Lipinski definition) is 6. The molecule has 8 aromatic rings. The van der Waals surface area contributed by atoms with Crippen LogP contribution in [-0.4, -0.2) is 30.4 Å². The van der Waals surface area contributed by atoms with Gasteiger partial charge in [-0.05, 0) is 87.3 Å². The molecule has 0 aliphatic rings. The highest BCUT2D eigenvalue weighted by Gasteiger charge is 2.13. The summed E-state index contributed by atoms with van der Waals surface area (Å²) in [5.41, 5.74) is 8.35. The number of aromatic nitrogens is 6. The molecule has 40 heavy (non-hydrogen) atoms. The number of fused-ring (bicyclic) bond motifs is 4. The van der Waals surface area contributed by atoms with Gasteiger partial charge in [0.05, 0.1) is 28.6 Å². The van der Waals surface area contributed by atoms with Gasteiger partial charge in [-0.2, -0.15) is 10.2 Å². The van der Waals surface area contributed by atoms with E-state index in [0.717, 1.165) is 55.6 Å². The van der Waals surface area contributed by atoms with Gasteiger partial charge in [-0.3, -0.25) is 0 Å². The van der Waals surface area contributed by atoms with Crippen molar-refractivity contribution < 1.29 is 0 Å². The average molecular weight is 513 g/mol. The minimum atomic E-state index is 0.749. The SMILES string of the molecule is c1ccc2cc3c(-c4cc(-c5ccc6nnccc6c5)nc(-c5ccc6nncnc6c5)c4)cccc3cc2c1. The molecule has 3 heterocycles. The van der Waals surface area contributed by atoms with E-state index in [4.69, 9.17) is 4.98 Å². The van der Waals surface area contributed by atoms with Crippen LogP contribution in [-0.2, 0) is 0 Å². The second kappa shape index (κ2) is 8.99. The molecule has 0 saturated carbocycles. The Labute approximate surface area is 229 Å². The van der Waals surface area contributed by atoms with Gasteiger partial charge in [-0.15, -0.1) is 10.2 Å². The third-order valence-electron chi connectivity index (χ3n) is 7.38. The van der Waals surface area contributed by atoms with Crippen LogP contribution in [0.25, 0.3) is 77.1 Å². The quantitative estimate of drug-likeness (QED) is 0.226. The molecular weight excluding hydrogens is 492 g/mol. The van der Waals surface area contributed by atoms with Crippen LogP contribution in [0.1, 0.15) is 0 Å². The summed E-state index contributed by atoms with van der Waals surface area (Å²) in [7, 11) is 0. The first kappa shape index (κ1) is 22.4. The van der Waals surface area contributed by atoms with E-state index in [0.29, 0.717) is 0 Å². The monoisotopic (exact) mass is 512 g/mol. The molecule has 0 atom stereocenters. The zero-order valence-electron chi connectivity index (χ0n) is 21.2. The van der Waals surface area contributed by atoms with Gasteiger partial charge in [0.15, 0.2) is 0 Å². The predicted octanol–water partition coefficient (Wildman–Crippen LogP) is 7.67. The lowest BCUT2D eigenvalue weighted by Crippen LogP contribution is -1.93. The number of pyridine rings is 1. The fourth-order valence-electron chi connectivity index (χ4n) is 5.39.